The van der Waals surface area contributed by atoms with Gasteiger partial charge in [0, 0.05) is 34.8 Å². The lowest BCUT2D eigenvalue weighted by atomic mass is 9.93. The summed E-state index contributed by atoms with van der Waals surface area (Å²) in [5, 5.41) is 6.04. The molecule has 376 valence electrons. The molecular formula is C52H62F4N5O7PS. The van der Waals surface area contributed by atoms with E-state index >= 15 is 4.39 Å². The lowest BCUT2D eigenvalue weighted by molar-refractivity contribution is -0.190. The SMILES string of the molecule is CCCOC(=O)[C@H](C)NP(=O)(Oc1ccccc1)[C@@H](F)c1ccc2sc(C(=O)N[C@H]3CC[C@H](N(C)CCC4(C(F)(F)F)CC4)C[C@H]4CC[C@@H](C(=O)N5C[C@H](c6ccccc6)CC56CC6)N4C3=O)cc2c1. The average molecular weight is 1010 g/mol. The van der Waals surface area contributed by atoms with Gasteiger partial charge in [0.05, 0.1) is 16.9 Å². The number of amides is 3. The van der Waals surface area contributed by atoms with Crippen molar-refractivity contribution < 1.29 is 50.6 Å². The van der Waals surface area contributed by atoms with Crippen LogP contribution in [0.2, 0.25) is 0 Å². The summed E-state index contributed by atoms with van der Waals surface area (Å²) >= 11 is 1.13. The molecule has 2 N–H and O–H groups in total. The largest absolute Gasteiger partial charge is 0.465 e. The van der Waals surface area contributed by atoms with Gasteiger partial charge in [-0.1, -0.05) is 61.5 Å². The van der Waals surface area contributed by atoms with Gasteiger partial charge in [-0.3, -0.25) is 23.7 Å². The van der Waals surface area contributed by atoms with Gasteiger partial charge in [0.2, 0.25) is 17.7 Å². The summed E-state index contributed by atoms with van der Waals surface area (Å²) in [6.45, 7) is 4.15. The number of carbonyl (C=O) groups is 4. The molecule has 3 aliphatic heterocycles. The van der Waals surface area contributed by atoms with Crippen molar-refractivity contribution in [3.8, 4) is 5.75 Å². The second-order valence-corrected chi connectivity index (χ2v) is 23.4. The van der Waals surface area contributed by atoms with E-state index < -0.39 is 55.0 Å². The van der Waals surface area contributed by atoms with E-state index in [1.807, 2.05) is 42.0 Å². The van der Waals surface area contributed by atoms with Gasteiger partial charge in [-0.2, -0.15) is 13.2 Å². The van der Waals surface area contributed by atoms with Crippen LogP contribution in [0, 0.1) is 5.41 Å². The van der Waals surface area contributed by atoms with Crippen molar-refractivity contribution in [3.05, 3.63) is 101 Å². The molecular weight excluding hydrogens is 946 g/mol. The zero-order valence-electron chi connectivity index (χ0n) is 39.8. The fourth-order valence-corrected chi connectivity index (χ4v) is 13.9. The van der Waals surface area contributed by atoms with Gasteiger partial charge in [-0.15, -0.1) is 11.3 Å². The highest BCUT2D eigenvalue weighted by Crippen LogP contribution is 2.61. The molecule has 1 unspecified atom stereocenters. The van der Waals surface area contributed by atoms with Crippen molar-refractivity contribution in [1.29, 1.82) is 0 Å². The summed E-state index contributed by atoms with van der Waals surface area (Å²) in [5.74, 6) is -3.67. The molecule has 0 bridgehead atoms. The van der Waals surface area contributed by atoms with Crippen LogP contribution in [0.3, 0.4) is 0 Å². The van der Waals surface area contributed by atoms with E-state index in [-0.39, 0.29) is 90.4 Å². The van der Waals surface area contributed by atoms with Gasteiger partial charge in [0.25, 0.3) is 5.91 Å². The monoisotopic (exact) mass is 1010 g/mol. The topological polar surface area (TPSA) is 138 Å². The molecule has 5 aliphatic rings. The molecule has 0 radical (unpaired) electrons. The van der Waals surface area contributed by atoms with Crippen molar-refractivity contribution in [2.24, 2.45) is 5.41 Å². The van der Waals surface area contributed by atoms with Crippen LogP contribution in [0.5, 0.6) is 5.75 Å². The minimum atomic E-state index is -4.52. The number of carbonyl (C=O) groups excluding carboxylic acids is 4. The van der Waals surface area contributed by atoms with Gasteiger partial charge in [0.15, 0.2) is 0 Å². The molecule has 2 saturated carbocycles. The summed E-state index contributed by atoms with van der Waals surface area (Å²) < 4.78 is 84.9. The van der Waals surface area contributed by atoms with Gasteiger partial charge in [0.1, 0.15) is 23.9 Å². The molecule has 18 heteroatoms. The van der Waals surface area contributed by atoms with Crippen LogP contribution >= 0.6 is 18.9 Å². The van der Waals surface area contributed by atoms with Crippen molar-refractivity contribution in [3.63, 3.8) is 0 Å². The molecule has 3 aromatic carbocycles. The Labute approximate surface area is 410 Å². The van der Waals surface area contributed by atoms with Gasteiger partial charge >= 0.3 is 19.7 Å². The number of nitrogens with one attached hydrogen (secondary N) is 2. The van der Waals surface area contributed by atoms with Crippen molar-refractivity contribution >= 4 is 52.6 Å². The number of ether oxygens (including phenoxy) is 1. The Hall–Kier alpha value is -4.83. The average Bonchev–Trinajstić information content (AvgIpc) is 4.17. The van der Waals surface area contributed by atoms with E-state index in [1.165, 1.54) is 36.8 Å². The summed E-state index contributed by atoms with van der Waals surface area (Å²) in [4.78, 5) is 62.8. The van der Waals surface area contributed by atoms with Crippen LogP contribution in [0.25, 0.3) is 10.1 Å². The number of rotatable bonds is 17. The lowest BCUT2D eigenvalue weighted by Gasteiger charge is -2.41. The Balaban J connectivity index is 0.955. The van der Waals surface area contributed by atoms with Crippen molar-refractivity contribution in [1.82, 2.24) is 25.1 Å². The second kappa shape index (κ2) is 20.0. The van der Waals surface area contributed by atoms with Gasteiger partial charge in [-0.05, 0) is 144 Å². The van der Waals surface area contributed by atoms with E-state index in [2.05, 4.69) is 22.5 Å². The molecule has 70 heavy (non-hydrogen) atoms. The van der Waals surface area contributed by atoms with Gasteiger partial charge in [-0.25, -0.2) is 9.48 Å². The highest BCUT2D eigenvalue weighted by molar-refractivity contribution is 7.57. The van der Waals surface area contributed by atoms with Crippen LogP contribution in [-0.4, -0.2) is 107 Å². The maximum absolute atomic E-state index is 16.7. The van der Waals surface area contributed by atoms with E-state index in [4.69, 9.17) is 9.26 Å². The van der Waals surface area contributed by atoms with Crippen LogP contribution < -0.4 is 14.9 Å². The number of alkyl halides is 4. The predicted molar refractivity (Wildman–Crippen MR) is 259 cm³/mol. The number of nitrogens with zero attached hydrogens (tertiary/aromatic N) is 3. The Morgan fingerprint density at radius 1 is 0.957 bits per heavy atom. The van der Waals surface area contributed by atoms with E-state index in [0.29, 0.717) is 48.7 Å². The van der Waals surface area contributed by atoms with Crippen LogP contribution in [-0.2, 0) is 23.7 Å². The molecule has 2 aliphatic carbocycles. The third-order valence-electron chi connectivity index (χ3n) is 15.5. The number of fused-ring (bicyclic) bond motifs is 2. The zero-order valence-corrected chi connectivity index (χ0v) is 41.5. The molecule has 8 atom stereocenters. The minimum Gasteiger partial charge on any atom is -0.465 e. The van der Waals surface area contributed by atoms with E-state index in [0.717, 1.165) is 30.6 Å². The van der Waals surface area contributed by atoms with Gasteiger partial charge < -0.3 is 29.3 Å². The number of benzene rings is 3. The lowest BCUT2D eigenvalue weighted by Crippen LogP contribution is -2.59. The third-order valence-corrected chi connectivity index (χ3v) is 18.7. The third kappa shape index (κ3) is 10.3. The summed E-state index contributed by atoms with van der Waals surface area (Å²) in [7, 11) is -2.69. The molecule has 1 spiro atoms. The quantitative estimate of drug-likeness (QED) is 0.0602. The fourth-order valence-electron chi connectivity index (χ4n) is 11.0. The predicted octanol–water partition coefficient (Wildman–Crippen LogP) is 10.3. The summed E-state index contributed by atoms with van der Waals surface area (Å²) in [6, 6.07) is 20.8. The molecule has 12 nitrogen and oxygen atoms in total. The summed E-state index contributed by atoms with van der Waals surface area (Å²) in [5.41, 5.74) is -0.761. The maximum atomic E-state index is 16.7. The Morgan fingerprint density at radius 3 is 2.34 bits per heavy atom. The standard InChI is InChI=1S/C52H62F4N5O7PS/c1-4-27-67-49(65)33(2)58-69(66,68-40-13-9-6-10-14-40)45(53)35-15-20-43-36(28-35)29-44(70-43)46(62)57-41-18-16-38(59(3)26-25-50(21-22-50)52(54,55)56)30-39-17-19-42(61(39)47(41)63)48(64)60-32-37(31-51(60)23-24-51)34-11-7-5-8-12-34/h5-15,20,28-29,33,37-39,41-42,45H,4,16-19,21-27,30-32H2,1-3H3,(H,57,62)(H,58,66)/t33-,37+,38-,39+,41-,42-,45+,69?/m0/s1. The molecule has 3 saturated heterocycles. The van der Waals surface area contributed by atoms with E-state index in [1.54, 1.807) is 35.2 Å². The molecule has 9 rings (SSSR count). The first-order valence-corrected chi connectivity index (χ1v) is 27.2. The smallest absolute Gasteiger partial charge is 0.394 e. The normalized spacial score (nSPS) is 25.4. The van der Waals surface area contributed by atoms with E-state index in [9.17, 15) is 36.9 Å². The fraction of sp³-hybridized carbons (Fsp3) is 0.538. The van der Waals surface area contributed by atoms with Crippen molar-refractivity contribution in [2.45, 2.75) is 145 Å². The number of hydrogen-bond donors (Lipinski definition) is 2. The van der Waals surface area contributed by atoms with Crippen LogP contribution in [0.1, 0.15) is 124 Å². The highest BCUT2D eigenvalue weighted by Gasteiger charge is 2.63. The number of esters is 1. The molecule has 4 aromatic rings. The first kappa shape index (κ1) is 50.1. The van der Waals surface area contributed by atoms with Crippen LogP contribution in [0.4, 0.5) is 17.6 Å². The Morgan fingerprint density at radius 2 is 1.67 bits per heavy atom. The number of para-hydroxylation sites is 1. The minimum absolute atomic E-state index is 0.0184. The Kier molecular flexibility index (Phi) is 14.3. The Bertz CT molecular complexity index is 2610. The number of halogens is 4. The molecule has 4 heterocycles. The molecule has 3 amide bonds. The van der Waals surface area contributed by atoms with Crippen LogP contribution in [0.15, 0.2) is 84.9 Å². The number of likely N-dealkylation sites (tertiary alicyclic amines) is 1. The molecule has 1 aromatic heterocycles. The zero-order chi connectivity index (χ0) is 49.6. The maximum Gasteiger partial charge on any atom is 0.394 e. The van der Waals surface area contributed by atoms with Crippen molar-refractivity contribution in [2.75, 3.05) is 26.7 Å². The molecule has 5 fully saturated rings. The second-order valence-electron chi connectivity index (χ2n) is 20.2. The first-order valence-electron chi connectivity index (χ1n) is 24.7. The highest BCUT2D eigenvalue weighted by atomic mass is 32.1. The number of hydrogen-bond acceptors (Lipinski definition) is 9. The number of thiophene rings is 1. The first-order chi connectivity index (χ1) is 33.4. The summed E-state index contributed by atoms with van der Waals surface area (Å²) in [6.07, 6.45) is 1.28.